The molecule has 0 aliphatic carbocycles. The molecule has 2 fully saturated rings. The molecule has 0 unspecified atom stereocenters. The molecular weight excluding hydrogens is 647 g/mol. The van der Waals surface area contributed by atoms with Crippen molar-refractivity contribution < 1.29 is 36.8 Å². The van der Waals surface area contributed by atoms with Crippen LogP contribution in [0.1, 0.15) is 71.3 Å². The summed E-state index contributed by atoms with van der Waals surface area (Å²) in [4.78, 5) is 29.3. The van der Waals surface area contributed by atoms with E-state index >= 15 is 8.78 Å². The van der Waals surface area contributed by atoms with Crippen molar-refractivity contribution in [3.8, 4) is 28.9 Å². The largest absolute Gasteiger partial charge is 0.469 e. The third-order valence-corrected chi connectivity index (χ3v) is 10.7. The number of hydrogen-bond donors (Lipinski definition) is 0. The number of halogens is 3. The van der Waals surface area contributed by atoms with Gasteiger partial charge in [-0.05, 0) is 101 Å². The molecule has 4 aromatic rings. The predicted molar refractivity (Wildman–Crippen MR) is 182 cm³/mol. The van der Waals surface area contributed by atoms with Crippen LogP contribution in [0.2, 0.25) is 0 Å². The van der Waals surface area contributed by atoms with Crippen LogP contribution >= 0.6 is 0 Å². The van der Waals surface area contributed by atoms with Gasteiger partial charge in [-0.2, -0.15) is 4.98 Å². The summed E-state index contributed by atoms with van der Waals surface area (Å²) < 4.78 is 67.5. The number of esters is 1. The Morgan fingerprint density at radius 3 is 2.76 bits per heavy atom. The summed E-state index contributed by atoms with van der Waals surface area (Å²) in [6.45, 7) is 9.10. The Hall–Kier alpha value is -4.32. The summed E-state index contributed by atoms with van der Waals surface area (Å²) in [6.07, 6.45) is 4.92. The predicted octanol–water partition coefficient (Wildman–Crippen LogP) is 7.39. The molecule has 4 aliphatic rings. The second kappa shape index (κ2) is 12.2. The van der Waals surface area contributed by atoms with Crippen molar-refractivity contribution in [1.29, 1.82) is 0 Å². The number of fused-ring (bicyclic) bond motifs is 3. The highest BCUT2D eigenvalue weighted by atomic mass is 19.1. The van der Waals surface area contributed by atoms with Gasteiger partial charge in [0.25, 0.3) is 0 Å². The average molecular weight is 689 g/mol. The van der Waals surface area contributed by atoms with Gasteiger partial charge in [0, 0.05) is 29.9 Å². The van der Waals surface area contributed by atoms with E-state index in [1.54, 1.807) is 39.8 Å². The first-order valence-electron chi connectivity index (χ1n) is 17.6. The third kappa shape index (κ3) is 5.56. The van der Waals surface area contributed by atoms with Gasteiger partial charge in [0.1, 0.15) is 47.9 Å². The summed E-state index contributed by atoms with van der Waals surface area (Å²) in [5.74, 6) is -0.938. The Morgan fingerprint density at radius 2 is 1.94 bits per heavy atom. The maximum Gasteiger partial charge on any atom is 0.434 e. The maximum absolute atomic E-state index is 17.3. The summed E-state index contributed by atoms with van der Waals surface area (Å²) in [5.41, 5.74) is 0.0855. The van der Waals surface area contributed by atoms with Crippen LogP contribution in [0, 0.1) is 24.0 Å². The van der Waals surface area contributed by atoms with Crippen LogP contribution in [0.5, 0.6) is 17.6 Å². The maximum atomic E-state index is 17.3. The fourth-order valence-electron chi connectivity index (χ4n) is 8.02. The molecule has 2 aromatic heterocycles. The van der Waals surface area contributed by atoms with E-state index in [1.165, 1.54) is 12.1 Å². The smallest absolute Gasteiger partial charge is 0.434 e. The van der Waals surface area contributed by atoms with Crippen molar-refractivity contribution in [2.45, 2.75) is 84.4 Å². The van der Waals surface area contributed by atoms with Crippen LogP contribution in [0.4, 0.5) is 19.0 Å². The van der Waals surface area contributed by atoms with Crippen LogP contribution < -0.4 is 14.2 Å². The van der Waals surface area contributed by atoms with Gasteiger partial charge in [-0.1, -0.05) is 6.07 Å². The van der Waals surface area contributed by atoms with Gasteiger partial charge in [-0.3, -0.25) is 9.69 Å². The van der Waals surface area contributed by atoms with Crippen LogP contribution in [-0.2, 0) is 4.79 Å². The number of nitrogens with zero attached hydrogens (tertiary/aromatic N) is 5. The molecule has 2 aromatic carbocycles. The number of carbonyl (C=O) groups excluding carboxylic acids is 1. The van der Waals surface area contributed by atoms with E-state index in [1.807, 2.05) is 0 Å². The van der Waals surface area contributed by atoms with E-state index in [2.05, 4.69) is 14.5 Å². The molecule has 0 N–H and O–H groups in total. The number of alkyl halides is 1. The number of rotatable bonds is 5. The minimum atomic E-state index is -0.928. The van der Waals surface area contributed by atoms with Crippen molar-refractivity contribution >= 4 is 39.2 Å². The van der Waals surface area contributed by atoms with Crippen LogP contribution in [0.25, 0.3) is 32.9 Å². The molecule has 6 heterocycles. The van der Waals surface area contributed by atoms with Crippen LogP contribution in [0.15, 0.2) is 24.3 Å². The molecule has 50 heavy (non-hydrogen) atoms. The Labute approximate surface area is 288 Å². The van der Waals surface area contributed by atoms with Crippen molar-refractivity contribution in [2.24, 2.45) is 5.41 Å². The number of pyridine rings is 1. The third-order valence-electron chi connectivity index (χ3n) is 10.7. The summed E-state index contributed by atoms with van der Waals surface area (Å²) in [7, 11) is 0. The van der Waals surface area contributed by atoms with E-state index < -0.39 is 34.7 Å². The average Bonchev–Trinajstić information content (AvgIpc) is 3.43. The number of hydrogen-bond acceptors (Lipinski definition) is 8. The lowest BCUT2D eigenvalue weighted by Gasteiger charge is -2.30. The van der Waals surface area contributed by atoms with Gasteiger partial charge >= 0.3 is 17.8 Å². The molecule has 9 nitrogen and oxygen atoms in total. The van der Waals surface area contributed by atoms with Crippen molar-refractivity contribution in [3.05, 3.63) is 41.5 Å². The topological polar surface area (TPSA) is 89.7 Å². The number of carbonyl (C=O) groups is 1. The quantitative estimate of drug-likeness (QED) is 0.122. The van der Waals surface area contributed by atoms with Gasteiger partial charge < -0.3 is 14.2 Å². The lowest BCUT2D eigenvalue weighted by molar-refractivity contribution is -0.444. The Morgan fingerprint density at radius 1 is 1.10 bits per heavy atom. The minimum Gasteiger partial charge on any atom is -0.469 e. The molecule has 2 atom stereocenters. The molecule has 0 radical (unpaired) electrons. The molecule has 0 amide bonds. The fraction of sp³-hybridized carbons (Fsp3) is 0.500. The Balaban J connectivity index is 1.33. The minimum absolute atomic E-state index is 0.0107. The lowest BCUT2D eigenvalue weighted by atomic mass is 9.95. The molecule has 8 rings (SSSR count). The molecule has 2 saturated heterocycles. The fourth-order valence-corrected chi connectivity index (χ4v) is 8.02. The van der Waals surface area contributed by atoms with Gasteiger partial charge in [-0.15, -0.1) is 0 Å². The van der Waals surface area contributed by atoms with E-state index in [0.717, 1.165) is 50.8 Å². The molecule has 262 valence electrons. The second-order valence-corrected chi connectivity index (χ2v) is 15.2. The van der Waals surface area contributed by atoms with Gasteiger partial charge in [-0.25, -0.2) is 22.7 Å². The second-order valence-electron chi connectivity index (χ2n) is 15.2. The molecule has 0 bridgehead atoms. The van der Waals surface area contributed by atoms with E-state index in [-0.39, 0.29) is 47.6 Å². The van der Waals surface area contributed by atoms with E-state index in [0.29, 0.717) is 47.1 Å². The molecule has 12 heteroatoms. The highest BCUT2D eigenvalue weighted by Gasteiger charge is 2.50. The number of benzene rings is 2. The molecular formula is C38H41F3N5O4+. The van der Waals surface area contributed by atoms with E-state index in [9.17, 15) is 9.18 Å². The first-order valence-corrected chi connectivity index (χ1v) is 17.6. The van der Waals surface area contributed by atoms with Crippen molar-refractivity contribution in [3.63, 3.8) is 0 Å². The number of ether oxygens (including phenoxy) is 3. The molecule has 0 saturated carbocycles. The van der Waals surface area contributed by atoms with Crippen molar-refractivity contribution in [1.82, 2.24) is 19.9 Å². The normalized spacial score (nSPS) is 22.3. The van der Waals surface area contributed by atoms with Gasteiger partial charge in [0.2, 0.25) is 5.88 Å². The SMILES string of the molecule is Cc1c(F)ccc2cc(OC(=O)C(C)(C)C)cc(-c3nc4c5c(nc(OC[C@@]67CCCN6C[C@H](F)C7)nc5c3F)[N+]3=C(CCCCC3)CO4)c12. The number of aromatic nitrogens is 3. The van der Waals surface area contributed by atoms with Crippen LogP contribution in [-0.4, -0.2) is 80.7 Å². The number of aryl methyl sites for hydroxylation is 1. The highest BCUT2D eigenvalue weighted by Crippen LogP contribution is 2.44. The van der Waals surface area contributed by atoms with Gasteiger partial charge in [0.05, 0.1) is 17.5 Å². The Kier molecular flexibility index (Phi) is 8.00. The highest BCUT2D eigenvalue weighted by molar-refractivity contribution is 6.03. The zero-order valence-electron chi connectivity index (χ0n) is 28.9. The monoisotopic (exact) mass is 688 g/mol. The van der Waals surface area contributed by atoms with Crippen LogP contribution in [0.3, 0.4) is 0 Å². The standard InChI is InChI=1S/C38H41F3N5O4/c1-21-27(40)11-10-22-15-25(50-35(47)37(2,3)4)16-26(28(21)22)31-30(41)32-29-33(46-14-7-5-6-9-24(46)19-48-34(29)42-31)44-36(43-32)49-20-38-12-8-13-45(38)18-23(39)17-38/h10-11,15-16,23H,5-9,12-14,17-20H2,1-4H3/q+1/t23-,38+/m1/s1. The summed E-state index contributed by atoms with van der Waals surface area (Å²) >= 11 is 0. The first-order chi connectivity index (χ1) is 23.9. The summed E-state index contributed by atoms with van der Waals surface area (Å²) in [5, 5.41) is 1.29. The van der Waals surface area contributed by atoms with Gasteiger partial charge in [0.15, 0.2) is 11.2 Å². The molecule has 4 aliphatic heterocycles. The van der Waals surface area contributed by atoms with Crippen molar-refractivity contribution in [2.75, 3.05) is 32.8 Å². The zero-order chi connectivity index (χ0) is 34.9. The van der Waals surface area contributed by atoms with E-state index in [4.69, 9.17) is 24.2 Å². The first kappa shape index (κ1) is 32.9. The Bertz CT molecular complexity index is 2100. The molecule has 0 spiro atoms. The zero-order valence-corrected chi connectivity index (χ0v) is 28.9. The summed E-state index contributed by atoms with van der Waals surface area (Å²) in [6, 6.07) is 6.05. The lowest BCUT2D eigenvalue weighted by Crippen LogP contribution is -2.43.